The predicted octanol–water partition coefficient (Wildman–Crippen LogP) is 5.41. The van der Waals surface area contributed by atoms with E-state index in [9.17, 15) is 0 Å². The average molecular weight is 333 g/mol. The molecule has 0 amide bonds. The molecule has 3 N–H and O–H groups in total. The van der Waals surface area contributed by atoms with E-state index in [1.165, 1.54) is 11.1 Å². The van der Waals surface area contributed by atoms with Crippen molar-refractivity contribution < 1.29 is 0 Å². The van der Waals surface area contributed by atoms with Gasteiger partial charge in [-0.15, -0.1) is 0 Å². The zero-order valence-electron chi connectivity index (χ0n) is 16.0. The molecule has 0 bridgehead atoms. The Labute approximate surface area is 149 Å². The Morgan fingerprint density at radius 1 is 0.880 bits per heavy atom. The molecule has 2 aromatic carbocycles. The first-order valence-electron chi connectivity index (χ1n) is 8.97. The first-order valence-corrected chi connectivity index (χ1v) is 8.97. The van der Waals surface area contributed by atoms with Crippen LogP contribution >= 0.6 is 0 Å². The van der Waals surface area contributed by atoms with E-state index >= 15 is 0 Å². The number of para-hydroxylation sites is 1. The Bertz CT molecular complexity index is 935. The lowest BCUT2D eigenvalue weighted by Crippen LogP contribution is -2.42. The van der Waals surface area contributed by atoms with Crippen LogP contribution in [0.1, 0.15) is 52.7 Å². The van der Waals surface area contributed by atoms with Gasteiger partial charge in [0.2, 0.25) is 0 Å². The van der Waals surface area contributed by atoms with Gasteiger partial charge < -0.3 is 10.7 Å². The van der Waals surface area contributed by atoms with Gasteiger partial charge >= 0.3 is 0 Å². The first kappa shape index (κ1) is 16.2. The summed E-state index contributed by atoms with van der Waals surface area (Å²) in [5.74, 6) is 0.839. The van der Waals surface area contributed by atoms with E-state index in [0.717, 1.165) is 28.1 Å². The van der Waals surface area contributed by atoms with Gasteiger partial charge in [-0.1, -0.05) is 53.7 Å². The SMILES string of the molecule is CC1(C)c2cc3nc(-c4ccccc4N)[nH]c3cc2C(C)(C)C1(C)C. The number of anilines is 1. The number of nitrogens with two attached hydrogens (primary N) is 1. The maximum atomic E-state index is 6.13. The molecular weight excluding hydrogens is 306 g/mol. The van der Waals surface area contributed by atoms with Crippen molar-refractivity contribution in [3.05, 3.63) is 47.5 Å². The Kier molecular flexibility index (Phi) is 3.02. The number of nitrogen functional groups attached to an aromatic ring is 1. The van der Waals surface area contributed by atoms with E-state index in [1.807, 2.05) is 24.3 Å². The van der Waals surface area contributed by atoms with Crippen LogP contribution in [-0.2, 0) is 10.8 Å². The molecule has 25 heavy (non-hydrogen) atoms. The van der Waals surface area contributed by atoms with Crippen LogP contribution in [0, 0.1) is 5.41 Å². The summed E-state index contributed by atoms with van der Waals surface area (Å²) >= 11 is 0. The smallest absolute Gasteiger partial charge is 0.140 e. The molecule has 130 valence electrons. The summed E-state index contributed by atoms with van der Waals surface area (Å²) in [6, 6.07) is 12.4. The molecular formula is C22H27N3. The van der Waals surface area contributed by atoms with E-state index in [0.29, 0.717) is 0 Å². The van der Waals surface area contributed by atoms with Gasteiger partial charge in [-0.25, -0.2) is 4.98 Å². The highest BCUT2D eigenvalue weighted by Crippen LogP contribution is 2.61. The number of nitrogens with one attached hydrogen (secondary N) is 1. The summed E-state index contributed by atoms with van der Waals surface area (Å²) < 4.78 is 0. The van der Waals surface area contributed by atoms with Crippen LogP contribution < -0.4 is 5.73 Å². The van der Waals surface area contributed by atoms with Crippen molar-refractivity contribution in [1.82, 2.24) is 9.97 Å². The van der Waals surface area contributed by atoms with Gasteiger partial charge in [0.05, 0.1) is 11.0 Å². The zero-order valence-corrected chi connectivity index (χ0v) is 16.0. The molecule has 0 spiro atoms. The van der Waals surface area contributed by atoms with Crippen molar-refractivity contribution in [2.75, 3.05) is 5.73 Å². The monoisotopic (exact) mass is 333 g/mol. The number of nitrogens with zero attached hydrogens (tertiary/aromatic N) is 1. The normalized spacial score (nSPS) is 19.9. The number of H-pyrrole nitrogens is 1. The number of aromatic amines is 1. The van der Waals surface area contributed by atoms with Gasteiger partial charge in [0.15, 0.2) is 0 Å². The van der Waals surface area contributed by atoms with Crippen LogP contribution in [0.25, 0.3) is 22.4 Å². The molecule has 0 radical (unpaired) electrons. The second kappa shape index (κ2) is 4.66. The molecule has 3 heteroatoms. The quantitative estimate of drug-likeness (QED) is 0.585. The summed E-state index contributed by atoms with van der Waals surface area (Å²) in [5, 5.41) is 0. The first-order chi connectivity index (χ1) is 11.6. The number of hydrogen-bond donors (Lipinski definition) is 2. The molecule has 1 aromatic heterocycles. The molecule has 0 saturated heterocycles. The van der Waals surface area contributed by atoms with Crippen molar-refractivity contribution in [2.45, 2.75) is 52.4 Å². The number of rotatable bonds is 1. The minimum Gasteiger partial charge on any atom is -0.398 e. The second-order valence-electron chi connectivity index (χ2n) is 8.96. The van der Waals surface area contributed by atoms with Crippen LogP contribution in [0.3, 0.4) is 0 Å². The lowest BCUT2D eigenvalue weighted by molar-refractivity contribution is 0.125. The molecule has 0 fully saturated rings. The minimum absolute atomic E-state index is 0.0882. The highest BCUT2D eigenvalue weighted by molar-refractivity contribution is 5.84. The fraction of sp³-hybridized carbons (Fsp3) is 0.409. The molecule has 0 saturated carbocycles. The molecule has 0 unspecified atom stereocenters. The number of hydrogen-bond acceptors (Lipinski definition) is 2. The summed E-state index contributed by atoms with van der Waals surface area (Å²) in [4.78, 5) is 8.33. The van der Waals surface area contributed by atoms with Gasteiger partial charge in [-0.05, 0) is 51.6 Å². The van der Waals surface area contributed by atoms with Crippen molar-refractivity contribution in [3.63, 3.8) is 0 Å². The van der Waals surface area contributed by atoms with Crippen molar-refractivity contribution in [1.29, 1.82) is 0 Å². The van der Waals surface area contributed by atoms with Crippen LogP contribution in [0.15, 0.2) is 36.4 Å². The number of fused-ring (bicyclic) bond motifs is 2. The third-order valence-electron chi connectivity index (χ3n) is 7.31. The van der Waals surface area contributed by atoms with Crippen LogP contribution in [0.5, 0.6) is 0 Å². The Hall–Kier alpha value is -2.29. The fourth-order valence-electron chi connectivity index (χ4n) is 4.39. The Morgan fingerprint density at radius 3 is 2.12 bits per heavy atom. The topological polar surface area (TPSA) is 54.7 Å². The largest absolute Gasteiger partial charge is 0.398 e. The summed E-state index contributed by atoms with van der Waals surface area (Å²) in [6.45, 7) is 14.2. The molecule has 1 heterocycles. The van der Waals surface area contributed by atoms with Gasteiger partial charge in [0.25, 0.3) is 0 Å². The molecule has 0 atom stereocenters. The summed E-state index contributed by atoms with van der Waals surface area (Å²) in [6.07, 6.45) is 0. The standard InChI is InChI=1S/C22H27N3/c1-20(2)14-11-17-18(12-15(14)21(3,4)22(20,5)6)25-19(24-17)13-9-7-8-10-16(13)23/h7-12H,23H2,1-6H3,(H,24,25). The molecule has 0 aliphatic heterocycles. The van der Waals surface area contributed by atoms with Gasteiger partial charge in [-0.2, -0.15) is 0 Å². The maximum absolute atomic E-state index is 6.13. The minimum atomic E-state index is 0.0882. The van der Waals surface area contributed by atoms with Gasteiger partial charge in [0.1, 0.15) is 5.82 Å². The molecule has 3 nitrogen and oxygen atoms in total. The summed E-state index contributed by atoms with van der Waals surface area (Å²) in [5.41, 5.74) is 13.1. The third kappa shape index (κ3) is 1.90. The maximum Gasteiger partial charge on any atom is 0.140 e. The van der Waals surface area contributed by atoms with Crippen LogP contribution in [0.4, 0.5) is 5.69 Å². The predicted molar refractivity (Wildman–Crippen MR) is 106 cm³/mol. The lowest BCUT2D eigenvalue weighted by atomic mass is 9.59. The van der Waals surface area contributed by atoms with Crippen molar-refractivity contribution in [2.24, 2.45) is 5.41 Å². The lowest BCUT2D eigenvalue weighted by Gasteiger charge is -2.44. The van der Waals surface area contributed by atoms with E-state index in [-0.39, 0.29) is 16.2 Å². The van der Waals surface area contributed by atoms with E-state index in [1.54, 1.807) is 0 Å². The fourth-order valence-corrected chi connectivity index (χ4v) is 4.39. The Balaban J connectivity index is 1.97. The third-order valence-corrected chi connectivity index (χ3v) is 7.31. The summed E-state index contributed by atoms with van der Waals surface area (Å²) in [7, 11) is 0. The molecule has 1 aliphatic rings. The van der Waals surface area contributed by atoms with Crippen LogP contribution in [-0.4, -0.2) is 9.97 Å². The van der Waals surface area contributed by atoms with Crippen molar-refractivity contribution in [3.8, 4) is 11.4 Å². The number of benzene rings is 2. The molecule has 3 aromatic rings. The highest BCUT2D eigenvalue weighted by Gasteiger charge is 2.56. The number of imidazole rings is 1. The van der Waals surface area contributed by atoms with Crippen LogP contribution in [0.2, 0.25) is 0 Å². The zero-order chi connectivity index (χ0) is 18.2. The van der Waals surface area contributed by atoms with Gasteiger partial charge in [-0.3, -0.25) is 0 Å². The highest BCUT2D eigenvalue weighted by atomic mass is 14.9. The van der Waals surface area contributed by atoms with E-state index in [4.69, 9.17) is 10.7 Å². The Morgan fingerprint density at radius 2 is 1.48 bits per heavy atom. The van der Waals surface area contributed by atoms with E-state index in [2.05, 4.69) is 58.7 Å². The molecule has 1 aliphatic carbocycles. The van der Waals surface area contributed by atoms with Crippen molar-refractivity contribution >= 4 is 16.7 Å². The van der Waals surface area contributed by atoms with Gasteiger partial charge in [0, 0.05) is 11.3 Å². The second-order valence-corrected chi connectivity index (χ2v) is 8.96. The number of aromatic nitrogens is 2. The average Bonchev–Trinajstić information content (AvgIpc) is 2.99. The van der Waals surface area contributed by atoms with E-state index < -0.39 is 0 Å². The molecule has 4 rings (SSSR count).